The van der Waals surface area contributed by atoms with Gasteiger partial charge in [-0.2, -0.15) is 0 Å². The minimum absolute atomic E-state index is 0.229. The average Bonchev–Trinajstić information content (AvgIpc) is 3.78. The predicted octanol–water partition coefficient (Wildman–Crippen LogP) is 9.52. The number of hydrogen-bond donors (Lipinski definition) is 0. The molecule has 38 heavy (non-hydrogen) atoms. The second kappa shape index (κ2) is 8.31. The van der Waals surface area contributed by atoms with Crippen LogP contribution in [0.1, 0.15) is 138 Å². The number of fused-ring (bicyclic) bond motifs is 12. The molecule has 0 amide bonds. The number of rotatable bonds is 2. The van der Waals surface area contributed by atoms with E-state index in [0.29, 0.717) is 0 Å². The Hall–Kier alpha value is -2.88. The largest absolute Gasteiger partial charge is 0.464 e. The maximum Gasteiger partial charge on any atom is 0.117 e. The third-order valence-electron chi connectivity index (χ3n) is 10.8. The van der Waals surface area contributed by atoms with Gasteiger partial charge in [-0.05, 0) is 101 Å². The second-order valence-corrected chi connectivity index (χ2v) is 12.6. The van der Waals surface area contributed by atoms with Gasteiger partial charge in [0.2, 0.25) is 0 Å². The Kier molecular flexibility index (Phi) is 5.29. The summed E-state index contributed by atoms with van der Waals surface area (Å²) >= 11 is 0. The molecule has 200 valence electrons. The fourth-order valence-electron chi connectivity index (χ4n) is 7.69. The van der Waals surface area contributed by atoms with Gasteiger partial charge in [0, 0.05) is 0 Å². The van der Waals surface area contributed by atoms with E-state index in [4.69, 9.17) is 17.7 Å². The first-order valence-electron chi connectivity index (χ1n) is 14.8. The lowest BCUT2D eigenvalue weighted by molar-refractivity contribution is 0.243. The van der Waals surface area contributed by atoms with E-state index in [9.17, 15) is 0 Å². The van der Waals surface area contributed by atoms with Crippen molar-refractivity contribution in [1.82, 2.24) is 0 Å². The van der Waals surface area contributed by atoms with Crippen LogP contribution >= 0.6 is 0 Å². The first-order chi connectivity index (χ1) is 18.4. The van der Waals surface area contributed by atoms with Crippen molar-refractivity contribution in [3.63, 3.8) is 0 Å². The predicted molar refractivity (Wildman–Crippen MR) is 147 cm³/mol. The van der Waals surface area contributed by atoms with Crippen molar-refractivity contribution in [2.75, 3.05) is 0 Å². The molecule has 7 rings (SSSR count). The summed E-state index contributed by atoms with van der Waals surface area (Å²) in [7, 11) is 0. The standard InChI is InChI=1S/C34H40O4/c1-5-31(3)23-11-15-27(35-23)33(19-7-8-20-33)29-17-13-25(37-29)32(4,6-2)26-14-18-30(38-26)34(21-9-10-22-34)28-16-12-24(31)36-28/h11-18H,5-10,19-22H2,1-4H3. The van der Waals surface area contributed by atoms with Crippen molar-refractivity contribution in [2.24, 2.45) is 0 Å². The molecule has 3 aliphatic rings. The topological polar surface area (TPSA) is 52.6 Å². The summed E-state index contributed by atoms with van der Waals surface area (Å²) in [6, 6.07) is 17.5. The molecule has 0 saturated heterocycles. The SMILES string of the molecule is CCC1(C)c2ccc(o2)C2(CCCC2)c2ccc(o2)C(C)(CC)c2ccc(o2)C2(CCCC2)c2ccc1o2. The fraction of sp³-hybridized carbons (Fsp3) is 0.529. The van der Waals surface area contributed by atoms with Crippen LogP contribution in [0.25, 0.3) is 0 Å². The Morgan fingerprint density at radius 2 is 0.684 bits per heavy atom. The lowest BCUT2D eigenvalue weighted by Crippen LogP contribution is -2.26. The molecule has 2 spiro atoms. The highest BCUT2D eigenvalue weighted by atomic mass is 16.4. The zero-order valence-corrected chi connectivity index (χ0v) is 23.3. The Balaban J connectivity index is 1.49. The Labute approximate surface area is 225 Å². The van der Waals surface area contributed by atoms with Crippen molar-refractivity contribution in [3.05, 3.63) is 94.6 Å². The zero-order chi connectivity index (χ0) is 26.2. The Morgan fingerprint density at radius 1 is 0.447 bits per heavy atom. The van der Waals surface area contributed by atoms with Crippen LogP contribution < -0.4 is 0 Å². The summed E-state index contributed by atoms with van der Waals surface area (Å²) in [6.07, 6.45) is 10.6. The monoisotopic (exact) mass is 512 g/mol. The molecule has 4 heteroatoms. The van der Waals surface area contributed by atoms with Gasteiger partial charge in [-0.25, -0.2) is 0 Å². The van der Waals surface area contributed by atoms with Gasteiger partial charge in [0.25, 0.3) is 0 Å². The minimum Gasteiger partial charge on any atom is -0.464 e. The summed E-state index contributed by atoms with van der Waals surface area (Å²) in [5, 5.41) is 0. The normalized spacial score (nSPS) is 27.5. The highest BCUT2D eigenvalue weighted by molar-refractivity contribution is 5.40. The molecule has 0 unspecified atom stereocenters. The van der Waals surface area contributed by atoms with E-state index in [1.807, 2.05) is 0 Å². The summed E-state index contributed by atoms with van der Waals surface area (Å²) in [5.74, 6) is 7.98. The summed E-state index contributed by atoms with van der Waals surface area (Å²) < 4.78 is 27.4. The molecule has 4 nitrogen and oxygen atoms in total. The Morgan fingerprint density at radius 3 is 0.921 bits per heavy atom. The van der Waals surface area contributed by atoms with E-state index in [1.54, 1.807) is 0 Å². The molecule has 4 aromatic heterocycles. The molecular formula is C34H40O4. The first kappa shape index (κ1) is 24.2. The second-order valence-electron chi connectivity index (χ2n) is 12.6. The first-order valence-corrected chi connectivity index (χ1v) is 14.8. The smallest absolute Gasteiger partial charge is 0.117 e. The summed E-state index contributed by atoms with van der Waals surface area (Å²) in [5.41, 5.74) is -1.16. The van der Waals surface area contributed by atoms with Gasteiger partial charge in [-0.15, -0.1) is 0 Å². The van der Waals surface area contributed by atoms with Crippen LogP contribution in [0.15, 0.2) is 66.2 Å². The molecule has 0 atom stereocenters. The molecule has 8 bridgehead atoms. The van der Waals surface area contributed by atoms with Crippen molar-refractivity contribution in [1.29, 1.82) is 0 Å². The van der Waals surface area contributed by atoms with E-state index in [0.717, 1.165) is 84.6 Å². The van der Waals surface area contributed by atoms with Crippen molar-refractivity contribution >= 4 is 0 Å². The summed E-state index contributed by atoms with van der Waals surface area (Å²) in [4.78, 5) is 0. The van der Waals surface area contributed by atoms with E-state index < -0.39 is 0 Å². The lowest BCUT2D eigenvalue weighted by Gasteiger charge is -2.29. The van der Waals surface area contributed by atoms with Crippen molar-refractivity contribution < 1.29 is 17.7 Å². The number of hydrogen-bond acceptors (Lipinski definition) is 4. The third-order valence-corrected chi connectivity index (χ3v) is 10.8. The van der Waals surface area contributed by atoms with Crippen LogP contribution in [0.2, 0.25) is 0 Å². The van der Waals surface area contributed by atoms with E-state index in [2.05, 4.69) is 76.2 Å². The highest BCUT2D eigenvalue weighted by Crippen LogP contribution is 2.53. The van der Waals surface area contributed by atoms with Crippen LogP contribution in [-0.2, 0) is 21.7 Å². The van der Waals surface area contributed by atoms with E-state index in [1.165, 1.54) is 25.7 Å². The quantitative estimate of drug-likeness (QED) is 0.268. The maximum absolute atomic E-state index is 6.84. The van der Waals surface area contributed by atoms with Crippen molar-refractivity contribution in [2.45, 2.75) is 114 Å². The molecule has 4 aromatic rings. The molecule has 2 fully saturated rings. The molecule has 0 radical (unpaired) electrons. The van der Waals surface area contributed by atoms with Crippen LogP contribution in [0.5, 0.6) is 0 Å². The molecule has 0 aromatic carbocycles. The maximum atomic E-state index is 6.84. The van der Waals surface area contributed by atoms with Gasteiger partial charge in [0.05, 0.1) is 21.7 Å². The van der Waals surface area contributed by atoms with Gasteiger partial charge in [-0.3, -0.25) is 0 Å². The summed E-state index contributed by atoms with van der Waals surface area (Å²) in [6.45, 7) is 8.96. The highest BCUT2D eigenvalue weighted by Gasteiger charge is 2.48. The lowest BCUT2D eigenvalue weighted by atomic mass is 9.81. The van der Waals surface area contributed by atoms with Gasteiger partial charge < -0.3 is 17.7 Å². The van der Waals surface area contributed by atoms with Crippen LogP contribution in [-0.4, -0.2) is 0 Å². The van der Waals surface area contributed by atoms with Gasteiger partial charge in [-0.1, -0.05) is 39.5 Å². The van der Waals surface area contributed by atoms with Crippen LogP contribution in [0.4, 0.5) is 0 Å². The van der Waals surface area contributed by atoms with E-state index >= 15 is 0 Å². The fourth-order valence-corrected chi connectivity index (χ4v) is 7.69. The molecular weight excluding hydrogens is 472 g/mol. The Bertz CT molecular complexity index is 1240. The average molecular weight is 513 g/mol. The number of furan rings is 4. The molecule has 0 N–H and O–H groups in total. The van der Waals surface area contributed by atoms with Crippen LogP contribution in [0, 0.1) is 0 Å². The third kappa shape index (κ3) is 3.09. The van der Waals surface area contributed by atoms with Crippen molar-refractivity contribution in [3.8, 4) is 0 Å². The van der Waals surface area contributed by atoms with Gasteiger partial charge in [0.1, 0.15) is 46.1 Å². The van der Waals surface area contributed by atoms with E-state index in [-0.39, 0.29) is 21.7 Å². The van der Waals surface area contributed by atoms with Crippen LogP contribution in [0.3, 0.4) is 0 Å². The van der Waals surface area contributed by atoms with Gasteiger partial charge >= 0.3 is 0 Å². The molecule has 2 aliphatic carbocycles. The van der Waals surface area contributed by atoms with Gasteiger partial charge in [0.15, 0.2) is 0 Å². The zero-order valence-electron chi connectivity index (χ0n) is 23.3. The molecule has 5 heterocycles. The minimum atomic E-state index is -0.351. The molecule has 2 saturated carbocycles. The molecule has 1 aliphatic heterocycles.